The summed E-state index contributed by atoms with van der Waals surface area (Å²) in [7, 11) is -5.26. The van der Waals surface area contributed by atoms with E-state index in [1.165, 1.54) is 0 Å². The minimum absolute atomic E-state index is 0.196. The minimum atomic E-state index is -8.85. The van der Waals surface area contributed by atoms with E-state index in [1.54, 1.807) is 0 Å². The van der Waals surface area contributed by atoms with Gasteiger partial charge in [0.15, 0.2) is 46.5 Å². The quantitative estimate of drug-likeness (QED) is 0.111. The average Bonchev–Trinajstić information content (AvgIpc) is 2.94. The van der Waals surface area contributed by atoms with Gasteiger partial charge >= 0.3 is 41.7 Å². The summed E-state index contributed by atoms with van der Waals surface area (Å²) in [4.78, 5) is 0. The number of hydrogen-bond acceptors (Lipinski definition) is 1. The van der Waals surface area contributed by atoms with Gasteiger partial charge in [0.05, 0.1) is 17.2 Å². The van der Waals surface area contributed by atoms with Crippen molar-refractivity contribution in [1.29, 1.82) is 0 Å². The molecule has 0 spiro atoms. The van der Waals surface area contributed by atoms with Crippen LogP contribution < -0.4 is 15.7 Å². The van der Waals surface area contributed by atoms with Gasteiger partial charge in [-0.25, -0.2) is 43.9 Å². The average molecular weight is 763 g/mol. The lowest BCUT2D eigenvalue weighted by atomic mass is 9.91. The van der Waals surface area contributed by atoms with Gasteiger partial charge in [0, 0.05) is 8.07 Å². The first-order chi connectivity index (χ1) is 20.7. The largest absolute Gasteiger partial charge is 0.460 e. The van der Waals surface area contributed by atoms with Crippen molar-refractivity contribution >= 4 is 18.7 Å². The lowest BCUT2D eigenvalue weighted by molar-refractivity contribution is -0.451. The molecule has 0 unspecified atom stereocenters. The van der Waals surface area contributed by atoms with Crippen molar-refractivity contribution < 1.29 is 110 Å². The van der Waals surface area contributed by atoms with Gasteiger partial charge in [-0.05, 0) is 0 Å². The molecule has 0 aromatic heterocycles. The topological polar surface area (TPSA) is 12.0 Å². The van der Waals surface area contributed by atoms with E-state index in [4.69, 9.17) is 0 Å². The summed E-state index contributed by atoms with van der Waals surface area (Å²) >= 11 is 0. The summed E-state index contributed by atoms with van der Waals surface area (Å²) in [5.74, 6) is -83.6. The summed E-state index contributed by atoms with van der Waals surface area (Å²) in [6.45, 7) is -3.95. The second kappa shape index (κ2) is 11.9. The van der Waals surface area contributed by atoms with Crippen LogP contribution in [0, 0.1) is 58.2 Å². The second-order valence-electron chi connectivity index (χ2n) is 8.58. The molecule has 2 aromatic carbocycles. The fourth-order valence-corrected chi connectivity index (χ4v) is 5.21. The standard InChI is InChI=1S/C20H3F25NP/c21-2-4(23)8(27)12(9(28)5(2)24)47(13-10(29)6(25)3(22)7(26)11(13)30)46-1-14(31,32)15(33,34)16(35,36)17(37,38)18(39,40)19(41,42)20(43,44)45/h46H,1H2. The van der Waals surface area contributed by atoms with Crippen LogP contribution in [0.4, 0.5) is 110 Å². The predicted octanol–water partition coefficient (Wildman–Crippen LogP) is 8.39. The maximum Gasteiger partial charge on any atom is 0.460 e. The van der Waals surface area contributed by atoms with Gasteiger partial charge in [-0.1, -0.05) is 0 Å². The first-order valence-corrected chi connectivity index (χ1v) is 11.9. The van der Waals surface area contributed by atoms with Gasteiger partial charge in [-0.2, -0.15) is 65.9 Å². The monoisotopic (exact) mass is 763 g/mol. The highest BCUT2D eigenvalue weighted by atomic mass is 31.1. The Labute approximate surface area is 241 Å². The number of alkyl halides is 15. The normalized spacial score (nSPS) is 14.4. The lowest BCUT2D eigenvalue weighted by Crippen LogP contribution is -2.73. The molecule has 2 aromatic rings. The summed E-state index contributed by atoms with van der Waals surface area (Å²) in [5, 5.41) is -5.76. The second-order valence-corrected chi connectivity index (χ2v) is 10.5. The number of rotatable bonds is 10. The Morgan fingerprint density at radius 3 is 0.851 bits per heavy atom. The van der Waals surface area contributed by atoms with Gasteiger partial charge in [-0.3, -0.25) is 5.09 Å². The number of hydrogen-bond donors (Lipinski definition) is 1. The van der Waals surface area contributed by atoms with Crippen LogP contribution in [0.1, 0.15) is 0 Å². The maximum atomic E-state index is 14.4. The molecule has 0 amide bonds. The Kier molecular flexibility index (Phi) is 10.2. The van der Waals surface area contributed by atoms with E-state index < -0.39 is 125 Å². The molecule has 0 heterocycles. The van der Waals surface area contributed by atoms with Crippen molar-refractivity contribution in [3.8, 4) is 0 Å². The molecular weight excluding hydrogens is 760 g/mol. The first kappa shape index (κ1) is 40.3. The van der Waals surface area contributed by atoms with Gasteiger partial charge in [0.2, 0.25) is 11.6 Å². The Morgan fingerprint density at radius 1 is 0.340 bits per heavy atom. The van der Waals surface area contributed by atoms with Crippen LogP contribution in [0.25, 0.3) is 0 Å². The van der Waals surface area contributed by atoms with Crippen LogP contribution in [0.2, 0.25) is 0 Å². The summed E-state index contributed by atoms with van der Waals surface area (Å²) < 4.78 is 340. The molecule has 268 valence electrons. The predicted molar refractivity (Wildman–Crippen MR) is 102 cm³/mol. The van der Waals surface area contributed by atoms with Gasteiger partial charge < -0.3 is 0 Å². The molecule has 27 heteroatoms. The molecule has 0 saturated carbocycles. The smallest absolute Gasteiger partial charge is 0.282 e. The van der Waals surface area contributed by atoms with Crippen LogP contribution >= 0.6 is 8.07 Å². The molecule has 1 N–H and O–H groups in total. The summed E-state index contributed by atoms with van der Waals surface area (Å²) in [6.07, 6.45) is -7.97. The van der Waals surface area contributed by atoms with Gasteiger partial charge in [0.1, 0.15) is 0 Å². The molecule has 2 rings (SSSR count). The highest BCUT2D eigenvalue weighted by molar-refractivity contribution is 7.71. The van der Waals surface area contributed by atoms with Crippen molar-refractivity contribution in [2.45, 2.75) is 41.7 Å². The van der Waals surface area contributed by atoms with Crippen LogP contribution in [-0.4, -0.2) is 48.3 Å². The molecule has 47 heavy (non-hydrogen) atoms. The minimum Gasteiger partial charge on any atom is -0.282 e. The van der Waals surface area contributed by atoms with Crippen LogP contribution in [-0.2, 0) is 0 Å². The number of halogens is 25. The fourth-order valence-electron chi connectivity index (χ4n) is 3.14. The van der Waals surface area contributed by atoms with Crippen molar-refractivity contribution in [2.24, 2.45) is 0 Å². The molecular formula is C20H3F25NP. The molecule has 0 atom stereocenters. The van der Waals surface area contributed by atoms with Crippen molar-refractivity contribution in [3.63, 3.8) is 0 Å². The Hall–Kier alpha value is -2.92. The van der Waals surface area contributed by atoms with Gasteiger partial charge in [-0.15, -0.1) is 0 Å². The third-order valence-electron chi connectivity index (χ3n) is 5.67. The molecule has 0 radical (unpaired) electrons. The number of nitrogens with one attached hydrogen (secondary N) is 1. The van der Waals surface area contributed by atoms with E-state index in [-0.39, 0.29) is 5.09 Å². The summed E-state index contributed by atoms with van der Waals surface area (Å²) in [6, 6.07) is 0. The van der Waals surface area contributed by atoms with E-state index in [2.05, 4.69) is 0 Å². The van der Waals surface area contributed by atoms with Crippen molar-refractivity contribution in [3.05, 3.63) is 58.2 Å². The zero-order chi connectivity index (χ0) is 37.4. The zero-order valence-electron chi connectivity index (χ0n) is 20.6. The highest BCUT2D eigenvalue weighted by Crippen LogP contribution is 2.62. The molecule has 0 bridgehead atoms. The molecule has 0 aliphatic heterocycles. The Balaban J connectivity index is 2.84. The van der Waals surface area contributed by atoms with Crippen LogP contribution in [0.3, 0.4) is 0 Å². The first-order valence-electron chi connectivity index (χ1n) is 10.6. The third kappa shape index (κ3) is 5.69. The van der Waals surface area contributed by atoms with Crippen LogP contribution in [0.5, 0.6) is 0 Å². The third-order valence-corrected chi connectivity index (χ3v) is 7.83. The van der Waals surface area contributed by atoms with E-state index in [0.29, 0.717) is 0 Å². The number of benzene rings is 2. The molecule has 1 nitrogen and oxygen atoms in total. The molecule has 0 saturated heterocycles. The van der Waals surface area contributed by atoms with Crippen molar-refractivity contribution in [1.82, 2.24) is 5.09 Å². The van der Waals surface area contributed by atoms with E-state index in [9.17, 15) is 110 Å². The Bertz CT molecular complexity index is 1420. The zero-order valence-corrected chi connectivity index (χ0v) is 21.5. The molecule has 0 fully saturated rings. The fraction of sp³-hybridized carbons (Fsp3) is 0.400. The Morgan fingerprint density at radius 2 is 0.574 bits per heavy atom. The van der Waals surface area contributed by atoms with E-state index in [1.807, 2.05) is 0 Å². The molecule has 0 aliphatic rings. The molecule has 0 aliphatic carbocycles. The van der Waals surface area contributed by atoms with E-state index in [0.717, 1.165) is 0 Å². The van der Waals surface area contributed by atoms with E-state index >= 15 is 0 Å². The SMILES string of the molecule is Fc1c(F)c(F)c(P(NCC(F)(F)C(F)(F)C(F)(F)C(F)(F)C(F)(F)C(F)(F)C(F)(F)F)c2c(F)c(F)c(F)c(F)c2F)c(F)c1F. The van der Waals surface area contributed by atoms with Crippen LogP contribution in [0.15, 0.2) is 0 Å². The van der Waals surface area contributed by atoms with Gasteiger partial charge in [0.25, 0.3) is 0 Å². The summed E-state index contributed by atoms with van der Waals surface area (Å²) in [5.41, 5.74) is 0. The lowest BCUT2D eigenvalue weighted by Gasteiger charge is -2.41. The maximum absolute atomic E-state index is 14.4. The highest BCUT2D eigenvalue weighted by Gasteiger charge is 2.93. The van der Waals surface area contributed by atoms with Crippen molar-refractivity contribution in [2.75, 3.05) is 6.54 Å².